The lowest BCUT2D eigenvalue weighted by Crippen LogP contribution is -2.27. The van der Waals surface area contributed by atoms with Gasteiger partial charge in [-0.3, -0.25) is 10.1 Å². The van der Waals surface area contributed by atoms with Crippen molar-refractivity contribution in [2.24, 2.45) is 5.73 Å². The predicted molar refractivity (Wildman–Crippen MR) is 170 cm³/mol. The average molecular weight is 578 g/mol. The van der Waals surface area contributed by atoms with Crippen LogP contribution in [-0.4, -0.2) is 17.5 Å². The standard InChI is InChI=1S/C35H31N3O3.ClH/c36-35(21-25-13-14-26-9-4-5-10-28(26)19-25)22-32(35)27-15-17-30(18-16-27)37-33(39)29-11-6-12-31(20-29)38-34(40)41-23-24-7-2-1-3-8-24;/h1-20,32H,21-23,36H2,(H,37,39)(H,38,40);1H. The number of carbonyl (C=O) groups excluding carboxylic acids is 2. The van der Waals surface area contributed by atoms with Gasteiger partial charge in [0.05, 0.1) is 0 Å². The molecule has 0 heterocycles. The van der Waals surface area contributed by atoms with Gasteiger partial charge in [-0.2, -0.15) is 0 Å². The topological polar surface area (TPSA) is 93.5 Å². The predicted octanol–water partition coefficient (Wildman–Crippen LogP) is 7.69. The van der Waals surface area contributed by atoms with Crippen LogP contribution in [0.1, 0.15) is 39.4 Å². The molecule has 5 aromatic carbocycles. The molecule has 42 heavy (non-hydrogen) atoms. The highest BCUT2D eigenvalue weighted by molar-refractivity contribution is 6.05. The van der Waals surface area contributed by atoms with Gasteiger partial charge in [0, 0.05) is 28.4 Å². The van der Waals surface area contributed by atoms with Gasteiger partial charge in [-0.25, -0.2) is 4.79 Å². The van der Waals surface area contributed by atoms with E-state index in [9.17, 15) is 9.59 Å². The average Bonchev–Trinajstić information content (AvgIpc) is 3.67. The molecule has 1 saturated carbocycles. The van der Waals surface area contributed by atoms with Gasteiger partial charge in [0.25, 0.3) is 5.91 Å². The van der Waals surface area contributed by atoms with Gasteiger partial charge in [-0.15, -0.1) is 12.4 Å². The van der Waals surface area contributed by atoms with E-state index in [0.29, 0.717) is 16.9 Å². The van der Waals surface area contributed by atoms with E-state index in [1.165, 1.54) is 21.9 Å². The van der Waals surface area contributed by atoms with Crippen LogP contribution in [0.15, 0.2) is 121 Å². The summed E-state index contributed by atoms with van der Waals surface area (Å²) in [5.74, 6) is 0.0121. The SMILES string of the molecule is Cl.NC1(Cc2ccc3ccccc3c2)CC1c1ccc(NC(=O)c2cccc(NC(=O)OCc3ccccc3)c2)cc1. The van der Waals surface area contributed by atoms with Crippen LogP contribution in [0.5, 0.6) is 0 Å². The maximum absolute atomic E-state index is 12.9. The van der Waals surface area contributed by atoms with Crippen molar-refractivity contribution in [1.82, 2.24) is 0 Å². The molecule has 7 heteroatoms. The van der Waals surface area contributed by atoms with Crippen molar-refractivity contribution in [3.8, 4) is 0 Å². The van der Waals surface area contributed by atoms with Gasteiger partial charge in [0.15, 0.2) is 0 Å². The van der Waals surface area contributed by atoms with Crippen molar-refractivity contribution in [3.05, 3.63) is 144 Å². The second-order valence-corrected chi connectivity index (χ2v) is 10.7. The summed E-state index contributed by atoms with van der Waals surface area (Å²) in [4.78, 5) is 25.1. The largest absolute Gasteiger partial charge is 0.444 e. The first-order valence-corrected chi connectivity index (χ1v) is 13.7. The zero-order valence-corrected chi connectivity index (χ0v) is 23.8. The molecule has 0 aliphatic heterocycles. The Kier molecular flexibility index (Phi) is 8.57. The maximum atomic E-state index is 12.9. The summed E-state index contributed by atoms with van der Waals surface area (Å²) >= 11 is 0. The molecule has 1 aliphatic carbocycles. The summed E-state index contributed by atoms with van der Waals surface area (Å²) in [6.07, 6.45) is 1.17. The van der Waals surface area contributed by atoms with Crippen LogP contribution in [0.4, 0.5) is 16.2 Å². The molecule has 2 atom stereocenters. The summed E-state index contributed by atoms with van der Waals surface area (Å²) in [7, 11) is 0. The molecular weight excluding hydrogens is 546 g/mol. The van der Waals surface area contributed by atoms with Crippen molar-refractivity contribution < 1.29 is 14.3 Å². The number of hydrogen-bond donors (Lipinski definition) is 3. The highest BCUT2D eigenvalue weighted by Crippen LogP contribution is 2.51. The van der Waals surface area contributed by atoms with Crippen LogP contribution in [0, 0.1) is 0 Å². The van der Waals surface area contributed by atoms with Gasteiger partial charge >= 0.3 is 6.09 Å². The van der Waals surface area contributed by atoms with E-state index in [1.807, 2.05) is 54.6 Å². The lowest BCUT2D eigenvalue weighted by molar-refractivity contribution is 0.102. The summed E-state index contributed by atoms with van der Waals surface area (Å²) < 4.78 is 5.27. The number of hydrogen-bond acceptors (Lipinski definition) is 4. The van der Waals surface area contributed by atoms with Crippen LogP contribution in [0.2, 0.25) is 0 Å². The number of ether oxygens (including phenoxy) is 1. The summed E-state index contributed by atoms with van der Waals surface area (Å²) in [5.41, 5.74) is 11.4. The Morgan fingerprint density at radius 3 is 2.26 bits per heavy atom. The third-order valence-corrected chi connectivity index (χ3v) is 7.62. The lowest BCUT2D eigenvalue weighted by atomic mass is 9.97. The van der Waals surface area contributed by atoms with Crippen molar-refractivity contribution >= 4 is 46.6 Å². The Morgan fingerprint density at radius 1 is 0.738 bits per heavy atom. The Hall–Kier alpha value is -4.65. The molecule has 5 aromatic rings. The Balaban J connectivity index is 0.00000353. The fourth-order valence-electron chi connectivity index (χ4n) is 5.31. The molecule has 1 fully saturated rings. The first-order valence-electron chi connectivity index (χ1n) is 13.7. The molecule has 6 rings (SSSR count). The number of carbonyl (C=O) groups is 2. The van der Waals surface area contributed by atoms with E-state index in [2.05, 4.69) is 53.1 Å². The van der Waals surface area contributed by atoms with Crippen molar-refractivity contribution in [3.63, 3.8) is 0 Å². The fourth-order valence-corrected chi connectivity index (χ4v) is 5.31. The van der Waals surface area contributed by atoms with Crippen LogP contribution >= 0.6 is 12.4 Å². The number of nitrogens with two attached hydrogens (primary N) is 1. The fraction of sp³-hybridized carbons (Fsp3) is 0.143. The van der Waals surface area contributed by atoms with Gasteiger partial charge in [0.2, 0.25) is 0 Å². The number of nitrogens with one attached hydrogen (secondary N) is 2. The van der Waals surface area contributed by atoms with Crippen molar-refractivity contribution in [2.45, 2.75) is 30.9 Å². The number of halogens is 1. The van der Waals surface area contributed by atoms with E-state index < -0.39 is 6.09 Å². The first kappa shape index (κ1) is 28.9. The minimum atomic E-state index is -0.585. The number of rotatable bonds is 8. The van der Waals surface area contributed by atoms with Gasteiger partial charge in [-0.05, 0) is 70.6 Å². The minimum absolute atomic E-state index is 0. The number of anilines is 2. The molecule has 0 bridgehead atoms. The quantitative estimate of drug-likeness (QED) is 0.176. The normalized spacial score (nSPS) is 17.1. The highest BCUT2D eigenvalue weighted by Gasteiger charge is 2.51. The molecule has 0 aromatic heterocycles. The summed E-state index contributed by atoms with van der Waals surface area (Å²) in [6, 6.07) is 39.0. The second kappa shape index (κ2) is 12.5. The third-order valence-electron chi connectivity index (χ3n) is 7.62. The smallest absolute Gasteiger partial charge is 0.411 e. The zero-order valence-electron chi connectivity index (χ0n) is 23.0. The minimum Gasteiger partial charge on any atom is -0.444 e. The van der Waals surface area contributed by atoms with Crippen LogP contribution < -0.4 is 16.4 Å². The monoisotopic (exact) mass is 577 g/mol. The van der Waals surface area contributed by atoms with E-state index >= 15 is 0 Å². The molecule has 2 amide bonds. The number of benzene rings is 5. The molecule has 0 saturated heterocycles. The molecule has 0 spiro atoms. The van der Waals surface area contributed by atoms with Gasteiger partial charge < -0.3 is 15.8 Å². The lowest BCUT2D eigenvalue weighted by Gasteiger charge is -2.13. The summed E-state index contributed by atoms with van der Waals surface area (Å²) in [5, 5.41) is 8.08. The zero-order chi connectivity index (χ0) is 28.2. The van der Waals surface area contributed by atoms with Crippen LogP contribution in [0.25, 0.3) is 10.8 Å². The van der Waals surface area contributed by atoms with Crippen molar-refractivity contribution in [2.75, 3.05) is 10.6 Å². The van der Waals surface area contributed by atoms with Crippen molar-refractivity contribution in [1.29, 1.82) is 0 Å². The molecule has 6 nitrogen and oxygen atoms in total. The Morgan fingerprint density at radius 2 is 1.48 bits per heavy atom. The first-order chi connectivity index (χ1) is 19.9. The molecule has 2 unspecified atom stereocenters. The van der Waals surface area contributed by atoms with Crippen LogP contribution in [0.3, 0.4) is 0 Å². The maximum Gasteiger partial charge on any atom is 0.411 e. The van der Waals surface area contributed by atoms with Gasteiger partial charge in [0.1, 0.15) is 6.61 Å². The Labute approximate surface area is 251 Å². The second-order valence-electron chi connectivity index (χ2n) is 10.7. The molecular formula is C35H32ClN3O3. The molecule has 0 radical (unpaired) electrons. The molecule has 4 N–H and O–H groups in total. The van der Waals surface area contributed by atoms with E-state index in [0.717, 1.165) is 18.4 Å². The third kappa shape index (κ3) is 6.79. The highest BCUT2D eigenvalue weighted by atomic mass is 35.5. The Bertz CT molecular complexity index is 1710. The molecule has 212 valence electrons. The molecule has 1 aliphatic rings. The number of fused-ring (bicyclic) bond motifs is 1. The number of amides is 2. The van der Waals surface area contributed by atoms with E-state index in [-0.39, 0.29) is 36.4 Å². The van der Waals surface area contributed by atoms with Crippen LogP contribution in [-0.2, 0) is 17.8 Å². The van der Waals surface area contributed by atoms with Gasteiger partial charge in [-0.1, -0.05) is 91.0 Å². The van der Waals surface area contributed by atoms with E-state index in [4.69, 9.17) is 10.5 Å². The van der Waals surface area contributed by atoms with E-state index in [1.54, 1.807) is 24.3 Å². The summed E-state index contributed by atoms with van der Waals surface area (Å²) in [6.45, 7) is 0.165.